The van der Waals surface area contributed by atoms with Gasteiger partial charge >= 0.3 is 0 Å². The lowest BCUT2D eigenvalue weighted by Crippen LogP contribution is -2.02. The zero-order valence-corrected chi connectivity index (χ0v) is 8.67. The van der Waals surface area contributed by atoms with Crippen LogP contribution in [0.15, 0.2) is 6.20 Å². The van der Waals surface area contributed by atoms with Crippen LogP contribution in [0.4, 0.5) is 0 Å². The van der Waals surface area contributed by atoms with E-state index in [1.807, 2.05) is 6.20 Å². The third kappa shape index (κ3) is 3.95. The highest BCUT2D eigenvalue weighted by molar-refractivity contribution is 5.85. The molecule has 0 fully saturated rings. The van der Waals surface area contributed by atoms with Gasteiger partial charge in [-0.25, -0.2) is 4.98 Å². The standard InChI is InChI=1S/C7H13N3.2ClH/c1-2-7-9-5-6(10-7)3-4-8;;/h5H,2-4,8H2,1H3,(H,9,10);2*1H. The molecule has 0 amide bonds. The first-order chi connectivity index (χ1) is 4.86. The fraction of sp³-hybridized carbons (Fsp3) is 0.571. The van der Waals surface area contributed by atoms with Crippen LogP contribution in [0.25, 0.3) is 0 Å². The third-order valence-electron chi connectivity index (χ3n) is 1.43. The Labute approximate surface area is 85.0 Å². The second-order valence-corrected chi connectivity index (χ2v) is 2.25. The summed E-state index contributed by atoms with van der Waals surface area (Å²) in [5.74, 6) is 1.04. The number of nitrogens with zero attached hydrogens (tertiary/aromatic N) is 1. The Morgan fingerprint density at radius 2 is 2.17 bits per heavy atom. The monoisotopic (exact) mass is 211 g/mol. The molecule has 0 atom stereocenters. The predicted molar refractivity (Wildman–Crippen MR) is 55.2 cm³/mol. The second-order valence-electron chi connectivity index (χ2n) is 2.25. The van der Waals surface area contributed by atoms with Gasteiger partial charge < -0.3 is 10.7 Å². The van der Waals surface area contributed by atoms with Gasteiger partial charge in [0.15, 0.2) is 0 Å². The predicted octanol–water partition coefficient (Wildman–Crippen LogP) is 1.32. The van der Waals surface area contributed by atoms with Crippen LogP contribution >= 0.6 is 24.8 Å². The Kier molecular flexibility index (Phi) is 8.81. The van der Waals surface area contributed by atoms with Crippen LogP contribution in [-0.2, 0) is 12.8 Å². The van der Waals surface area contributed by atoms with E-state index in [1.54, 1.807) is 0 Å². The van der Waals surface area contributed by atoms with Crippen molar-refractivity contribution in [2.45, 2.75) is 19.8 Å². The highest BCUT2D eigenvalue weighted by Gasteiger charge is 1.95. The fourth-order valence-electron chi connectivity index (χ4n) is 0.868. The Hall–Kier alpha value is -0.250. The number of hydrogen-bond acceptors (Lipinski definition) is 2. The van der Waals surface area contributed by atoms with E-state index < -0.39 is 0 Å². The Bertz CT molecular complexity index is 200. The van der Waals surface area contributed by atoms with E-state index in [0.29, 0.717) is 6.54 Å². The molecule has 0 aliphatic carbocycles. The molecule has 1 aromatic rings. The number of aromatic amines is 1. The summed E-state index contributed by atoms with van der Waals surface area (Å²) in [6, 6.07) is 0. The van der Waals surface area contributed by atoms with E-state index in [4.69, 9.17) is 5.73 Å². The van der Waals surface area contributed by atoms with Crippen LogP contribution in [0.5, 0.6) is 0 Å². The van der Waals surface area contributed by atoms with Crippen molar-refractivity contribution < 1.29 is 0 Å². The molecule has 0 saturated carbocycles. The van der Waals surface area contributed by atoms with Gasteiger partial charge in [-0.1, -0.05) is 6.92 Å². The number of rotatable bonds is 3. The Balaban J connectivity index is 0. The molecule has 0 bridgehead atoms. The van der Waals surface area contributed by atoms with Gasteiger partial charge in [0, 0.05) is 24.7 Å². The summed E-state index contributed by atoms with van der Waals surface area (Å²) in [6.07, 6.45) is 3.71. The summed E-state index contributed by atoms with van der Waals surface area (Å²) in [6.45, 7) is 2.76. The van der Waals surface area contributed by atoms with Gasteiger partial charge in [-0.3, -0.25) is 0 Å². The van der Waals surface area contributed by atoms with Crippen molar-refractivity contribution in [2.75, 3.05) is 6.54 Å². The third-order valence-corrected chi connectivity index (χ3v) is 1.43. The molecule has 1 rings (SSSR count). The van der Waals surface area contributed by atoms with Crippen molar-refractivity contribution >= 4 is 24.8 Å². The number of nitrogens with one attached hydrogen (secondary N) is 1. The first-order valence-corrected chi connectivity index (χ1v) is 3.59. The maximum Gasteiger partial charge on any atom is 0.105 e. The first-order valence-electron chi connectivity index (χ1n) is 3.59. The summed E-state index contributed by atoms with van der Waals surface area (Å²) in [5, 5.41) is 0. The van der Waals surface area contributed by atoms with E-state index in [-0.39, 0.29) is 24.8 Å². The van der Waals surface area contributed by atoms with Crippen molar-refractivity contribution in [1.29, 1.82) is 0 Å². The topological polar surface area (TPSA) is 54.7 Å². The minimum Gasteiger partial charge on any atom is -0.346 e. The van der Waals surface area contributed by atoms with E-state index >= 15 is 0 Å². The lowest BCUT2D eigenvalue weighted by atomic mass is 10.3. The van der Waals surface area contributed by atoms with Crippen LogP contribution in [-0.4, -0.2) is 16.5 Å². The van der Waals surface area contributed by atoms with Crippen molar-refractivity contribution in [3.8, 4) is 0 Å². The molecule has 0 radical (unpaired) electrons. The Morgan fingerprint density at radius 1 is 1.50 bits per heavy atom. The van der Waals surface area contributed by atoms with Gasteiger partial charge in [-0.05, 0) is 6.54 Å². The largest absolute Gasteiger partial charge is 0.346 e. The molecule has 0 aliphatic rings. The zero-order valence-electron chi connectivity index (χ0n) is 7.04. The molecule has 0 aromatic carbocycles. The molecule has 0 unspecified atom stereocenters. The average molecular weight is 212 g/mol. The van der Waals surface area contributed by atoms with E-state index in [1.165, 1.54) is 0 Å². The maximum atomic E-state index is 5.36. The summed E-state index contributed by atoms with van der Waals surface area (Å²) in [4.78, 5) is 7.31. The van der Waals surface area contributed by atoms with Gasteiger partial charge in [0.2, 0.25) is 0 Å². The molecule has 0 saturated heterocycles. The minimum atomic E-state index is 0. The fourth-order valence-corrected chi connectivity index (χ4v) is 0.868. The van der Waals surface area contributed by atoms with Gasteiger partial charge in [0.25, 0.3) is 0 Å². The maximum absolute atomic E-state index is 5.36. The lowest BCUT2D eigenvalue weighted by Gasteiger charge is -1.89. The normalized spacial score (nSPS) is 8.50. The number of aromatic nitrogens is 2. The van der Waals surface area contributed by atoms with Crippen molar-refractivity contribution in [1.82, 2.24) is 9.97 Å². The number of aryl methyl sites for hydroxylation is 1. The van der Waals surface area contributed by atoms with E-state index in [0.717, 1.165) is 24.4 Å². The van der Waals surface area contributed by atoms with Gasteiger partial charge in [0.1, 0.15) is 5.82 Å². The SMILES string of the molecule is CCc1ncc(CCN)[nH]1.Cl.Cl. The molecule has 0 aliphatic heterocycles. The summed E-state index contributed by atoms with van der Waals surface area (Å²) in [5.41, 5.74) is 6.50. The molecule has 0 spiro atoms. The van der Waals surface area contributed by atoms with Crippen LogP contribution in [0.1, 0.15) is 18.4 Å². The Morgan fingerprint density at radius 3 is 2.58 bits per heavy atom. The van der Waals surface area contributed by atoms with Crippen LogP contribution < -0.4 is 5.73 Å². The smallest absolute Gasteiger partial charge is 0.105 e. The summed E-state index contributed by atoms with van der Waals surface area (Å²) in [7, 11) is 0. The van der Waals surface area contributed by atoms with Crippen molar-refractivity contribution in [3.63, 3.8) is 0 Å². The van der Waals surface area contributed by atoms with Crippen LogP contribution in [0, 0.1) is 0 Å². The molecule has 1 heterocycles. The van der Waals surface area contributed by atoms with Crippen LogP contribution in [0.2, 0.25) is 0 Å². The van der Waals surface area contributed by atoms with Gasteiger partial charge in [-0.2, -0.15) is 0 Å². The molecule has 1 aromatic heterocycles. The zero-order chi connectivity index (χ0) is 7.40. The highest BCUT2D eigenvalue weighted by Crippen LogP contribution is 1.96. The number of nitrogens with two attached hydrogens (primary N) is 1. The number of imidazole rings is 1. The molecule has 3 N–H and O–H groups in total. The number of hydrogen-bond donors (Lipinski definition) is 2. The average Bonchev–Trinajstić information content (AvgIpc) is 2.37. The van der Waals surface area contributed by atoms with Gasteiger partial charge in [0.05, 0.1) is 0 Å². The number of halogens is 2. The molecule has 5 heteroatoms. The molecule has 12 heavy (non-hydrogen) atoms. The summed E-state index contributed by atoms with van der Waals surface area (Å²) < 4.78 is 0. The van der Waals surface area contributed by atoms with E-state index in [9.17, 15) is 0 Å². The first kappa shape index (κ1) is 14.3. The summed E-state index contributed by atoms with van der Waals surface area (Å²) >= 11 is 0. The highest BCUT2D eigenvalue weighted by atomic mass is 35.5. The minimum absolute atomic E-state index is 0. The van der Waals surface area contributed by atoms with Gasteiger partial charge in [-0.15, -0.1) is 24.8 Å². The molecule has 3 nitrogen and oxygen atoms in total. The molecular weight excluding hydrogens is 197 g/mol. The second kappa shape index (κ2) is 7.40. The molecular formula is C7H15Cl2N3. The number of H-pyrrole nitrogens is 1. The van der Waals surface area contributed by atoms with Crippen molar-refractivity contribution in [2.24, 2.45) is 5.73 Å². The van der Waals surface area contributed by atoms with E-state index in [2.05, 4.69) is 16.9 Å². The lowest BCUT2D eigenvalue weighted by molar-refractivity contribution is 0.912. The molecule has 72 valence electrons. The van der Waals surface area contributed by atoms with Crippen LogP contribution in [0.3, 0.4) is 0 Å². The quantitative estimate of drug-likeness (QED) is 0.793. The van der Waals surface area contributed by atoms with Crippen molar-refractivity contribution in [3.05, 3.63) is 17.7 Å².